The molecule has 2 aromatic rings. The lowest BCUT2D eigenvalue weighted by Crippen LogP contribution is -2.28. The normalized spacial score (nSPS) is 22.0. The first-order valence-corrected chi connectivity index (χ1v) is 5.57. The van der Waals surface area contributed by atoms with Crippen LogP contribution < -0.4 is 5.32 Å². The highest BCUT2D eigenvalue weighted by atomic mass is 14.9. The maximum Gasteiger partial charge on any atom is 0.137 e. The number of aromatic nitrogens is 2. The second-order valence-corrected chi connectivity index (χ2v) is 4.23. The average Bonchev–Trinajstić information content (AvgIpc) is 2.77. The molecule has 3 heteroatoms. The van der Waals surface area contributed by atoms with Crippen LogP contribution in [0.25, 0.3) is 11.0 Å². The number of hydrogen-bond acceptors (Lipinski definition) is 2. The highest BCUT2D eigenvalue weighted by Crippen LogP contribution is 2.24. The van der Waals surface area contributed by atoms with Crippen molar-refractivity contribution >= 4 is 11.0 Å². The van der Waals surface area contributed by atoms with Crippen LogP contribution in [0, 0.1) is 0 Å². The summed E-state index contributed by atoms with van der Waals surface area (Å²) in [5.74, 6) is 0.644. The molecule has 0 radical (unpaired) electrons. The van der Waals surface area contributed by atoms with E-state index in [4.69, 9.17) is 0 Å². The average molecular weight is 201 g/mol. The molecule has 0 bridgehead atoms. The molecule has 1 saturated heterocycles. The number of aromatic amines is 1. The number of piperidine rings is 1. The summed E-state index contributed by atoms with van der Waals surface area (Å²) in [6, 6.07) is 4.35. The fourth-order valence-electron chi connectivity index (χ4n) is 2.32. The summed E-state index contributed by atoms with van der Waals surface area (Å²) in [6.45, 7) is 2.26. The fourth-order valence-corrected chi connectivity index (χ4v) is 2.32. The maximum atomic E-state index is 4.43. The summed E-state index contributed by atoms with van der Waals surface area (Å²) in [5, 5.41) is 4.66. The molecule has 2 N–H and O–H groups in total. The quantitative estimate of drug-likeness (QED) is 0.741. The lowest BCUT2D eigenvalue weighted by molar-refractivity contribution is 0.461. The van der Waals surface area contributed by atoms with Crippen molar-refractivity contribution in [1.29, 1.82) is 0 Å². The van der Waals surface area contributed by atoms with E-state index in [0.717, 1.165) is 18.7 Å². The lowest BCUT2D eigenvalue weighted by atomic mass is 9.92. The third kappa shape index (κ3) is 1.63. The van der Waals surface area contributed by atoms with Gasteiger partial charge < -0.3 is 10.3 Å². The van der Waals surface area contributed by atoms with Crippen LogP contribution in [-0.2, 0) is 0 Å². The van der Waals surface area contributed by atoms with Crippen molar-refractivity contribution < 1.29 is 0 Å². The molecule has 0 amide bonds. The zero-order valence-corrected chi connectivity index (χ0v) is 8.66. The highest BCUT2D eigenvalue weighted by Gasteiger charge is 2.15. The molecule has 15 heavy (non-hydrogen) atoms. The zero-order valence-electron chi connectivity index (χ0n) is 8.66. The van der Waals surface area contributed by atoms with E-state index in [1.54, 1.807) is 0 Å². The van der Waals surface area contributed by atoms with Gasteiger partial charge in [-0.2, -0.15) is 0 Å². The van der Waals surface area contributed by atoms with Gasteiger partial charge in [0.05, 0.1) is 0 Å². The molecule has 0 aromatic carbocycles. The largest absolute Gasteiger partial charge is 0.346 e. The minimum Gasteiger partial charge on any atom is -0.346 e. The molecular weight excluding hydrogens is 186 g/mol. The molecule has 0 aliphatic carbocycles. The van der Waals surface area contributed by atoms with Crippen LogP contribution in [0.3, 0.4) is 0 Å². The van der Waals surface area contributed by atoms with Crippen molar-refractivity contribution in [2.75, 3.05) is 13.1 Å². The molecule has 1 fully saturated rings. The Morgan fingerprint density at radius 3 is 3.27 bits per heavy atom. The standard InChI is InChI=1S/C12H15N3/c1-2-10(7-13-4-1)11-6-9-3-5-14-12(9)15-8-11/h3,5-6,8,10,13H,1-2,4,7H2,(H,14,15). The Bertz CT molecular complexity index is 455. The molecule has 1 aliphatic heterocycles. The van der Waals surface area contributed by atoms with Gasteiger partial charge in [0.2, 0.25) is 0 Å². The van der Waals surface area contributed by atoms with E-state index in [1.807, 2.05) is 12.4 Å². The van der Waals surface area contributed by atoms with E-state index in [2.05, 4.69) is 27.4 Å². The van der Waals surface area contributed by atoms with Crippen LogP contribution in [0.15, 0.2) is 24.5 Å². The molecule has 0 saturated carbocycles. The van der Waals surface area contributed by atoms with Gasteiger partial charge in [0.15, 0.2) is 0 Å². The summed E-state index contributed by atoms with van der Waals surface area (Å²) >= 11 is 0. The first-order valence-electron chi connectivity index (χ1n) is 5.57. The van der Waals surface area contributed by atoms with Crippen LogP contribution in [0.4, 0.5) is 0 Å². The lowest BCUT2D eigenvalue weighted by Gasteiger charge is -2.22. The first kappa shape index (κ1) is 8.92. The van der Waals surface area contributed by atoms with Crippen molar-refractivity contribution in [3.63, 3.8) is 0 Å². The van der Waals surface area contributed by atoms with Crippen LogP contribution >= 0.6 is 0 Å². The van der Waals surface area contributed by atoms with Gasteiger partial charge in [0, 0.05) is 24.3 Å². The Morgan fingerprint density at radius 2 is 2.40 bits per heavy atom. The van der Waals surface area contributed by atoms with Crippen molar-refractivity contribution in [2.24, 2.45) is 0 Å². The number of nitrogens with zero attached hydrogens (tertiary/aromatic N) is 1. The molecule has 1 unspecified atom stereocenters. The van der Waals surface area contributed by atoms with E-state index in [1.165, 1.54) is 23.8 Å². The van der Waals surface area contributed by atoms with Crippen LogP contribution in [-0.4, -0.2) is 23.1 Å². The second kappa shape index (κ2) is 3.66. The Kier molecular flexibility index (Phi) is 2.18. The summed E-state index contributed by atoms with van der Waals surface area (Å²) in [5.41, 5.74) is 2.36. The number of fused-ring (bicyclic) bond motifs is 1. The predicted molar refractivity (Wildman–Crippen MR) is 60.9 cm³/mol. The summed E-state index contributed by atoms with van der Waals surface area (Å²) in [4.78, 5) is 7.56. The van der Waals surface area contributed by atoms with Crippen molar-refractivity contribution in [3.8, 4) is 0 Å². The Morgan fingerprint density at radius 1 is 1.40 bits per heavy atom. The molecular formula is C12H15N3. The number of pyridine rings is 1. The van der Waals surface area contributed by atoms with Gasteiger partial charge in [-0.3, -0.25) is 0 Å². The molecule has 3 nitrogen and oxygen atoms in total. The van der Waals surface area contributed by atoms with E-state index < -0.39 is 0 Å². The summed E-state index contributed by atoms with van der Waals surface area (Å²) < 4.78 is 0. The monoisotopic (exact) mass is 201 g/mol. The fraction of sp³-hybridized carbons (Fsp3) is 0.417. The molecule has 1 aliphatic rings. The SMILES string of the molecule is c1cc2cc(C3CCCNC3)cnc2[nH]1. The van der Waals surface area contributed by atoms with Gasteiger partial charge in [0.1, 0.15) is 5.65 Å². The molecule has 2 aromatic heterocycles. The molecule has 3 rings (SSSR count). The first-order chi connectivity index (χ1) is 7.43. The zero-order chi connectivity index (χ0) is 10.1. The number of hydrogen-bond donors (Lipinski definition) is 2. The van der Waals surface area contributed by atoms with Gasteiger partial charge in [-0.15, -0.1) is 0 Å². The van der Waals surface area contributed by atoms with E-state index in [0.29, 0.717) is 5.92 Å². The van der Waals surface area contributed by atoms with Crippen molar-refractivity contribution in [2.45, 2.75) is 18.8 Å². The number of rotatable bonds is 1. The minimum absolute atomic E-state index is 0.644. The second-order valence-electron chi connectivity index (χ2n) is 4.23. The molecule has 78 valence electrons. The Labute approximate surface area is 88.9 Å². The van der Waals surface area contributed by atoms with Crippen LogP contribution in [0.2, 0.25) is 0 Å². The predicted octanol–water partition coefficient (Wildman–Crippen LogP) is 2.03. The van der Waals surface area contributed by atoms with Crippen LogP contribution in [0.5, 0.6) is 0 Å². The number of nitrogens with one attached hydrogen (secondary N) is 2. The van der Waals surface area contributed by atoms with Gasteiger partial charge in [-0.25, -0.2) is 4.98 Å². The van der Waals surface area contributed by atoms with E-state index >= 15 is 0 Å². The van der Waals surface area contributed by atoms with Crippen molar-refractivity contribution in [3.05, 3.63) is 30.1 Å². The van der Waals surface area contributed by atoms with Gasteiger partial charge in [0.25, 0.3) is 0 Å². The Hall–Kier alpha value is -1.35. The molecule has 1 atom stereocenters. The topological polar surface area (TPSA) is 40.7 Å². The molecule has 0 spiro atoms. The maximum absolute atomic E-state index is 4.43. The van der Waals surface area contributed by atoms with Gasteiger partial charge >= 0.3 is 0 Å². The number of H-pyrrole nitrogens is 1. The van der Waals surface area contributed by atoms with Crippen molar-refractivity contribution in [1.82, 2.24) is 15.3 Å². The summed E-state index contributed by atoms with van der Waals surface area (Å²) in [7, 11) is 0. The highest BCUT2D eigenvalue weighted by molar-refractivity contribution is 5.75. The Balaban J connectivity index is 1.95. The van der Waals surface area contributed by atoms with Gasteiger partial charge in [-0.05, 0) is 43.0 Å². The third-order valence-corrected chi connectivity index (χ3v) is 3.19. The van der Waals surface area contributed by atoms with Crippen LogP contribution in [0.1, 0.15) is 24.3 Å². The van der Waals surface area contributed by atoms with E-state index in [9.17, 15) is 0 Å². The smallest absolute Gasteiger partial charge is 0.137 e. The summed E-state index contributed by atoms with van der Waals surface area (Å²) in [6.07, 6.45) is 6.51. The van der Waals surface area contributed by atoms with Gasteiger partial charge in [-0.1, -0.05) is 0 Å². The molecule has 3 heterocycles. The minimum atomic E-state index is 0.644. The van der Waals surface area contributed by atoms with E-state index in [-0.39, 0.29) is 0 Å². The third-order valence-electron chi connectivity index (χ3n) is 3.19.